The number of nitrogens with zero attached hydrogens (tertiary/aromatic N) is 6. The normalized spacial score (nSPS) is 11.1. The first-order valence-electron chi connectivity index (χ1n) is 17.3. The Morgan fingerprint density at radius 2 is 1.04 bits per heavy atom. The van der Waals surface area contributed by atoms with Crippen molar-refractivity contribution < 1.29 is 14.3 Å². The minimum Gasteiger partial charge on any atom is -0.494 e. The van der Waals surface area contributed by atoms with Gasteiger partial charge in [-0.3, -0.25) is 39.3 Å². The molecule has 2 amide bonds. The summed E-state index contributed by atoms with van der Waals surface area (Å²) in [5.41, 5.74) is 11.3. The van der Waals surface area contributed by atoms with Gasteiger partial charge in [-0.15, -0.1) is 0 Å². The Bertz CT molecular complexity index is 1570. The van der Waals surface area contributed by atoms with Crippen molar-refractivity contribution in [3.05, 3.63) is 150 Å². The van der Waals surface area contributed by atoms with Crippen LogP contribution in [0, 0.1) is 0 Å². The van der Waals surface area contributed by atoms with Crippen molar-refractivity contribution in [1.29, 1.82) is 0 Å². The number of ether oxygens (including phenoxy) is 1. The van der Waals surface area contributed by atoms with Gasteiger partial charge < -0.3 is 15.8 Å². The highest BCUT2D eigenvalue weighted by Gasteiger charge is 2.15. The Morgan fingerprint density at radius 3 is 1.43 bits per heavy atom. The number of rotatable bonds is 21. The molecule has 0 fully saturated rings. The van der Waals surface area contributed by atoms with E-state index in [1.54, 1.807) is 0 Å². The van der Waals surface area contributed by atoms with E-state index in [0.29, 0.717) is 52.4 Å². The molecule has 4 aromatic heterocycles. The minimum absolute atomic E-state index is 0.0515. The maximum absolute atomic E-state index is 11.9. The number of hydrogen-bond acceptors (Lipinski definition) is 9. The van der Waals surface area contributed by atoms with Crippen LogP contribution in [-0.2, 0) is 48.9 Å². The van der Waals surface area contributed by atoms with Crippen LogP contribution in [0.2, 0.25) is 0 Å². The zero-order valence-electron chi connectivity index (χ0n) is 28.9. The van der Waals surface area contributed by atoms with Gasteiger partial charge in [-0.25, -0.2) is 0 Å². The summed E-state index contributed by atoms with van der Waals surface area (Å²) in [5, 5.41) is 2.84. The summed E-state index contributed by atoms with van der Waals surface area (Å²) < 4.78 is 6.35. The van der Waals surface area contributed by atoms with Crippen LogP contribution in [0.25, 0.3) is 0 Å². The van der Waals surface area contributed by atoms with Gasteiger partial charge in [0.1, 0.15) is 5.75 Å². The first-order valence-corrected chi connectivity index (χ1v) is 17.3. The summed E-state index contributed by atoms with van der Waals surface area (Å²) in [6.07, 6.45) is 8.96. The molecule has 0 spiro atoms. The fraction of sp³-hybridized carbons (Fsp3) is 0.300. The maximum Gasteiger partial charge on any atom is 0.220 e. The highest BCUT2D eigenvalue weighted by molar-refractivity contribution is 5.82. The number of hydrogen-bond donors (Lipinski definition) is 2. The van der Waals surface area contributed by atoms with E-state index >= 15 is 0 Å². The van der Waals surface area contributed by atoms with Gasteiger partial charge in [0.05, 0.1) is 29.4 Å². The second kappa shape index (κ2) is 20.2. The molecule has 1 aromatic carbocycles. The van der Waals surface area contributed by atoms with Gasteiger partial charge in [0, 0.05) is 83.4 Å². The lowest BCUT2D eigenvalue weighted by Gasteiger charge is -2.25. The highest BCUT2D eigenvalue weighted by atomic mass is 16.5. The number of unbranched alkanes of at least 4 members (excludes halogenated alkanes) is 1. The number of aromatic nitrogens is 4. The molecule has 264 valence electrons. The molecule has 0 saturated heterocycles. The predicted octanol–water partition coefficient (Wildman–Crippen LogP) is 5.21. The third-order valence-electron chi connectivity index (χ3n) is 8.05. The van der Waals surface area contributed by atoms with E-state index < -0.39 is 5.91 Å². The third kappa shape index (κ3) is 13.7. The average Bonchev–Trinajstić information content (AvgIpc) is 3.14. The standard InChI is InChI=1S/C40H46N8O3/c41-39(49)15-16-40(50)46-21-9-10-22-51-38-24-32(26-47(28-34-11-1-5-17-42-34)29-35-12-2-6-18-43-35)23-33(25-38)27-48(30-36-13-3-7-19-44-36)31-37-14-4-8-20-45-37/h1-8,11-14,17-20,23-25H,9-10,15-16,21-22,26-31H2,(H2,41,49)(H,46,50). The quantitative estimate of drug-likeness (QED) is 0.0996. The van der Waals surface area contributed by atoms with Crippen LogP contribution < -0.4 is 15.8 Å². The second-order valence-corrected chi connectivity index (χ2v) is 12.4. The number of benzene rings is 1. The van der Waals surface area contributed by atoms with Crippen molar-refractivity contribution in [1.82, 2.24) is 35.1 Å². The van der Waals surface area contributed by atoms with Crippen LogP contribution in [-0.4, -0.2) is 54.7 Å². The van der Waals surface area contributed by atoms with E-state index in [1.165, 1.54) is 0 Å². The first-order chi connectivity index (χ1) is 25.0. The predicted molar refractivity (Wildman–Crippen MR) is 195 cm³/mol. The number of carbonyl (C=O) groups is 2. The molecule has 0 aliphatic rings. The van der Waals surface area contributed by atoms with Crippen LogP contribution in [0.1, 0.15) is 59.6 Å². The summed E-state index contributed by atoms with van der Waals surface area (Å²) in [7, 11) is 0. The van der Waals surface area contributed by atoms with Gasteiger partial charge in [0.15, 0.2) is 0 Å². The van der Waals surface area contributed by atoms with Crippen LogP contribution in [0.15, 0.2) is 116 Å². The Hall–Kier alpha value is -5.52. The number of pyridine rings is 4. The SMILES string of the molecule is NC(=O)CCC(=O)NCCCCOc1cc(CN(Cc2ccccn2)Cc2ccccn2)cc(CN(Cc2ccccn2)Cc2ccccn2)c1. The molecule has 11 heteroatoms. The monoisotopic (exact) mass is 686 g/mol. The molecule has 0 aliphatic carbocycles. The fourth-order valence-corrected chi connectivity index (χ4v) is 5.70. The number of nitrogens with two attached hydrogens (primary N) is 1. The lowest BCUT2D eigenvalue weighted by molar-refractivity contribution is -0.125. The van der Waals surface area contributed by atoms with Gasteiger partial charge in [0.25, 0.3) is 0 Å². The molecular formula is C40H46N8O3. The summed E-state index contributed by atoms with van der Waals surface area (Å²) in [5.74, 6) is 0.140. The van der Waals surface area contributed by atoms with Crippen LogP contribution >= 0.6 is 0 Å². The Balaban J connectivity index is 1.34. The summed E-state index contributed by atoms with van der Waals surface area (Å²) in [6, 6.07) is 30.4. The number of nitrogens with one attached hydrogen (secondary N) is 1. The maximum atomic E-state index is 11.9. The molecule has 0 atom stereocenters. The van der Waals surface area contributed by atoms with Crippen molar-refractivity contribution in [2.75, 3.05) is 13.2 Å². The molecule has 5 rings (SSSR count). The van der Waals surface area contributed by atoms with E-state index in [0.717, 1.165) is 52.5 Å². The van der Waals surface area contributed by atoms with E-state index in [4.69, 9.17) is 10.5 Å². The topological polar surface area (TPSA) is 139 Å². The summed E-state index contributed by atoms with van der Waals surface area (Å²) >= 11 is 0. The largest absolute Gasteiger partial charge is 0.494 e. The number of carbonyl (C=O) groups excluding carboxylic acids is 2. The number of primary amides is 1. The van der Waals surface area contributed by atoms with Crippen LogP contribution in [0.4, 0.5) is 0 Å². The van der Waals surface area contributed by atoms with Gasteiger partial charge in [0.2, 0.25) is 11.8 Å². The molecule has 4 heterocycles. The third-order valence-corrected chi connectivity index (χ3v) is 8.05. The van der Waals surface area contributed by atoms with Gasteiger partial charge in [-0.1, -0.05) is 30.3 Å². The molecule has 0 bridgehead atoms. The van der Waals surface area contributed by atoms with Gasteiger partial charge in [-0.2, -0.15) is 0 Å². The second-order valence-electron chi connectivity index (χ2n) is 12.4. The number of amides is 2. The molecule has 0 aliphatic heterocycles. The Morgan fingerprint density at radius 1 is 0.588 bits per heavy atom. The smallest absolute Gasteiger partial charge is 0.220 e. The molecule has 0 saturated carbocycles. The van der Waals surface area contributed by atoms with E-state index in [2.05, 4.69) is 53.3 Å². The van der Waals surface area contributed by atoms with Crippen LogP contribution in [0.5, 0.6) is 5.75 Å². The summed E-state index contributed by atoms with van der Waals surface area (Å²) in [6.45, 7) is 4.98. The molecular weight excluding hydrogens is 640 g/mol. The molecule has 11 nitrogen and oxygen atoms in total. The fourth-order valence-electron chi connectivity index (χ4n) is 5.70. The van der Waals surface area contributed by atoms with Gasteiger partial charge >= 0.3 is 0 Å². The van der Waals surface area contributed by atoms with Crippen molar-refractivity contribution in [2.45, 2.75) is 65.0 Å². The minimum atomic E-state index is -0.478. The van der Waals surface area contributed by atoms with E-state index in [9.17, 15) is 9.59 Å². The van der Waals surface area contributed by atoms with Crippen molar-refractivity contribution >= 4 is 11.8 Å². The van der Waals surface area contributed by atoms with Crippen molar-refractivity contribution in [2.24, 2.45) is 5.73 Å². The highest BCUT2D eigenvalue weighted by Crippen LogP contribution is 2.23. The van der Waals surface area contributed by atoms with Crippen molar-refractivity contribution in [3.63, 3.8) is 0 Å². The van der Waals surface area contributed by atoms with E-state index in [-0.39, 0.29) is 18.7 Å². The zero-order valence-corrected chi connectivity index (χ0v) is 28.9. The van der Waals surface area contributed by atoms with Crippen LogP contribution in [0.3, 0.4) is 0 Å². The lowest BCUT2D eigenvalue weighted by atomic mass is 10.1. The van der Waals surface area contributed by atoms with Crippen molar-refractivity contribution in [3.8, 4) is 5.75 Å². The summed E-state index contributed by atoms with van der Waals surface area (Å²) in [4.78, 5) is 46.0. The van der Waals surface area contributed by atoms with Gasteiger partial charge in [-0.05, 0) is 84.6 Å². The lowest BCUT2D eigenvalue weighted by Crippen LogP contribution is -2.26. The average molecular weight is 687 g/mol. The zero-order chi connectivity index (χ0) is 35.5. The molecule has 51 heavy (non-hydrogen) atoms. The molecule has 0 radical (unpaired) electrons. The molecule has 0 unspecified atom stereocenters. The Kier molecular flexibility index (Phi) is 14.6. The molecule has 5 aromatic rings. The molecule has 3 N–H and O–H groups in total. The van der Waals surface area contributed by atoms with E-state index in [1.807, 2.05) is 97.6 Å². The first kappa shape index (κ1) is 36.8. The Labute approximate surface area is 299 Å².